The normalized spacial score (nSPS) is 11.2. The van der Waals surface area contributed by atoms with Crippen molar-refractivity contribution in [3.8, 4) is 5.75 Å². The Morgan fingerprint density at radius 1 is 1.20 bits per heavy atom. The van der Waals surface area contributed by atoms with Crippen molar-refractivity contribution < 1.29 is 9.15 Å². The van der Waals surface area contributed by atoms with Crippen molar-refractivity contribution in [1.82, 2.24) is 4.90 Å². The number of rotatable bonds is 6. The van der Waals surface area contributed by atoms with Crippen LogP contribution in [0, 0.1) is 6.92 Å². The van der Waals surface area contributed by atoms with E-state index in [0.29, 0.717) is 23.3 Å². The molecule has 0 saturated heterocycles. The smallest absolute Gasteiger partial charge is 0.192 e. The van der Waals surface area contributed by atoms with Gasteiger partial charge in [0.05, 0.1) is 5.39 Å². The lowest BCUT2D eigenvalue weighted by Crippen LogP contribution is -2.27. The summed E-state index contributed by atoms with van der Waals surface area (Å²) in [6, 6.07) is 6.86. The van der Waals surface area contributed by atoms with Gasteiger partial charge in [-0.3, -0.25) is 4.79 Å². The van der Waals surface area contributed by atoms with Gasteiger partial charge in [0.15, 0.2) is 5.43 Å². The molecule has 0 N–H and O–H groups in total. The molecule has 0 saturated carbocycles. The molecule has 0 aliphatic heterocycles. The number of fused-ring (bicyclic) bond motifs is 1. The van der Waals surface area contributed by atoms with Crippen molar-refractivity contribution in [3.05, 3.63) is 40.2 Å². The topological polar surface area (TPSA) is 42.7 Å². The van der Waals surface area contributed by atoms with E-state index in [4.69, 9.17) is 9.15 Å². The van der Waals surface area contributed by atoms with Crippen LogP contribution in [0.4, 0.5) is 0 Å². The highest BCUT2D eigenvalue weighted by Crippen LogP contribution is 2.19. The molecule has 108 valence electrons. The molecule has 0 radical (unpaired) electrons. The van der Waals surface area contributed by atoms with E-state index in [0.717, 1.165) is 25.4 Å². The van der Waals surface area contributed by atoms with Gasteiger partial charge < -0.3 is 14.1 Å². The molecule has 0 amide bonds. The molecule has 0 atom stereocenters. The van der Waals surface area contributed by atoms with Gasteiger partial charge in [0, 0.05) is 18.7 Å². The monoisotopic (exact) mass is 275 g/mol. The van der Waals surface area contributed by atoms with Crippen LogP contribution in [0.15, 0.2) is 33.5 Å². The zero-order valence-electron chi connectivity index (χ0n) is 12.3. The van der Waals surface area contributed by atoms with Crippen LogP contribution in [-0.2, 0) is 0 Å². The molecule has 0 fully saturated rings. The van der Waals surface area contributed by atoms with Gasteiger partial charge in [-0.15, -0.1) is 0 Å². The quantitative estimate of drug-likeness (QED) is 0.813. The fourth-order valence-electron chi connectivity index (χ4n) is 2.18. The summed E-state index contributed by atoms with van der Waals surface area (Å²) >= 11 is 0. The summed E-state index contributed by atoms with van der Waals surface area (Å²) in [6.07, 6.45) is 0. The molecular weight excluding hydrogens is 254 g/mol. The predicted molar refractivity (Wildman–Crippen MR) is 80.5 cm³/mol. The van der Waals surface area contributed by atoms with Crippen LogP contribution >= 0.6 is 0 Å². The third kappa shape index (κ3) is 3.39. The van der Waals surface area contributed by atoms with Crippen LogP contribution in [0.25, 0.3) is 11.0 Å². The van der Waals surface area contributed by atoms with Crippen molar-refractivity contribution >= 4 is 11.0 Å². The molecule has 0 aliphatic carbocycles. The Morgan fingerprint density at radius 2 is 1.95 bits per heavy atom. The Morgan fingerprint density at radius 3 is 2.65 bits per heavy atom. The van der Waals surface area contributed by atoms with Gasteiger partial charge in [0.2, 0.25) is 0 Å². The number of likely N-dealkylation sites (N-methyl/N-ethyl adjacent to an activating group) is 1. The molecule has 0 bridgehead atoms. The molecule has 4 nitrogen and oxygen atoms in total. The van der Waals surface area contributed by atoms with Crippen LogP contribution in [0.1, 0.15) is 19.6 Å². The maximum atomic E-state index is 11.8. The SMILES string of the molecule is CCN(CC)CCOc1ccc2c(=O)cc(C)oc2c1. The van der Waals surface area contributed by atoms with Gasteiger partial charge in [-0.25, -0.2) is 0 Å². The lowest BCUT2D eigenvalue weighted by atomic mass is 10.2. The number of nitrogens with zero attached hydrogens (tertiary/aromatic N) is 1. The van der Waals surface area contributed by atoms with E-state index in [1.807, 2.05) is 6.07 Å². The van der Waals surface area contributed by atoms with Crippen LogP contribution in [0.2, 0.25) is 0 Å². The highest BCUT2D eigenvalue weighted by Gasteiger charge is 2.05. The summed E-state index contributed by atoms with van der Waals surface area (Å²) in [5.41, 5.74) is 0.564. The number of ether oxygens (including phenoxy) is 1. The Bertz CT molecular complexity index is 629. The van der Waals surface area contributed by atoms with Gasteiger partial charge in [-0.1, -0.05) is 13.8 Å². The lowest BCUT2D eigenvalue weighted by Gasteiger charge is -2.18. The third-order valence-electron chi connectivity index (χ3n) is 3.39. The summed E-state index contributed by atoms with van der Waals surface area (Å²) in [6.45, 7) is 9.60. The fraction of sp³-hybridized carbons (Fsp3) is 0.438. The largest absolute Gasteiger partial charge is 0.492 e. The summed E-state index contributed by atoms with van der Waals surface area (Å²) in [5, 5.41) is 0.590. The molecular formula is C16H21NO3. The van der Waals surface area contributed by atoms with Crippen molar-refractivity contribution in [2.75, 3.05) is 26.2 Å². The van der Waals surface area contributed by atoms with Gasteiger partial charge in [0.25, 0.3) is 0 Å². The third-order valence-corrected chi connectivity index (χ3v) is 3.39. The number of hydrogen-bond acceptors (Lipinski definition) is 4. The molecule has 1 aromatic heterocycles. The van der Waals surface area contributed by atoms with E-state index in [9.17, 15) is 4.79 Å². The number of aryl methyl sites for hydroxylation is 1. The lowest BCUT2D eigenvalue weighted by molar-refractivity contribution is 0.223. The Balaban J connectivity index is 2.10. The standard InChI is InChI=1S/C16H21NO3/c1-4-17(5-2)8-9-19-13-6-7-14-15(18)10-12(3)20-16(14)11-13/h6-7,10-11H,4-5,8-9H2,1-3H3. The molecule has 0 spiro atoms. The minimum absolute atomic E-state index is 0.0153. The molecule has 2 rings (SSSR count). The van der Waals surface area contributed by atoms with Crippen molar-refractivity contribution in [3.63, 3.8) is 0 Å². The second-order valence-electron chi connectivity index (χ2n) is 4.75. The molecule has 2 aromatic rings. The van der Waals surface area contributed by atoms with Gasteiger partial charge in [0.1, 0.15) is 23.7 Å². The number of hydrogen-bond donors (Lipinski definition) is 0. The Kier molecular flexibility index (Phi) is 4.79. The second-order valence-corrected chi connectivity index (χ2v) is 4.75. The second kappa shape index (κ2) is 6.57. The molecule has 1 aromatic carbocycles. The van der Waals surface area contributed by atoms with Crippen LogP contribution in [-0.4, -0.2) is 31.1 Å². The van der Waals surface area contributed by atoms with Crippen molar-refractivity contribution in [1.29, 1.82) is 0 Å². The maximum Gasteiger partial charge on any atom is 0.192 e. The first kappa shape index (κ1) is 14.6. The molecule has 4 heteroatoms. The van der Waals surface area contributed by atoms with Crippen LogP contribution in [0.3, 0.4) is 0 Å². The fourth-order valence-corrected chi connectivity index (χ4v) is 2.18. The summed E-state index contributed by atoms with van der Waals surface area (Å²) in [5.74, 6) is 1.35. The van der Waals surface area contributed by atoms with Crippen molar-refractivity contribution in [2.45, 2.75) is 20.8 Å². The van der Waals surface area contributed by atoms with E-state index in [1.165, 1.54) is 6.07 Å². The molecule has 0 aliphatic rings. The minimum atomic E-state index is -0.0153. The van der Waals surface area contributed by atoms with E-state index in [-0.39, 0.29) is 5.43 Å². The highest BCUT2D eigenvalue weighted by atomic mass is 16.5. The average molecular weight is 275 g/mol. The average Bonchev–Trinajstić information content (AvgIpc) is 2.43. The summed E-state index contributed by atoms with van der Waals surface area (Å²) in [4.78, 5) is 14.1. The zero-order chi connectivity index (χ0) is 14.5. The molecule has 1 heterocycles. The van der Waals surface area contributed by atoms with E-state index >= 15 is 0 Å². The first-order valence-corrected chi connectivity index (χ1v) is 7.03. The summed E-state index contributed by atoms with van der Waals surface area (Å²) in [7, 11) is 0. The van der Waals surface area contributed by atoms with Gasteiger partial charge in [-0.05, 0) is 32.1 Å². The molecule has 0 unspecified atom stereocenters. The molecule has 20 heavy (non-hydrogen) atoms. The van der Waals surface area contributed by atoms with Crippen LogP contribution < -0.4 is 10.2 Å². The first-order valence-electron chi connectivity index (χ1n) is 7.03. The zero-order valence-corrected chi connectivity index (χ0v) is 12.3. The van der Waals surface area contributed by atoms with E-state index in [1.54, 1.807) is 19.1 Å². The predicted octanol–water partition coefficient (Wildman–Crippen LogP) is 2.82. The van der Waals surface area contributed by atoms with Gasteiger partial charge in [-0.2, -0.15) is 0 Å². The Labute approximate surface area is 119 Å². The highest BCUT2D eigenvalue weighted by molar-refractivity contribution is 5.77. The Hall–Kier alpha value is -1.81. The number of benzene rings is 1. The van der Waals surface area contributed by atoms with Crippen LogP contribution in [0.5, 0.6) is 5.75 Å². The van der Waals surface area contributed by atoms with E-state index in [2.05, 4.69) is 18.7 Å². The summed E-state index contributed by atoms with van der Waals surface area (Å²) < 4.78 is 11.3. The van der Waals surface area contributed by atoms with Gasteiger partial charge >= 0.3 is 0 Å². The van der Waals surface area contributed by atoms with E-state index < -0.39 is 0 Å². The van der Waals surface area contributed by atoms with Crippen molar-refractivity contribution in [2.24, 2.45) is 0 Å². The first-order chi connectivity index (χ1) is 9.63. The minimum Gasteiger partial charge on any atom is -0.492 e. The maximum absolute atomic E-state index is 11.8.